The number of ether oxygens (including phenoxy) is 1. The SMILES string of the molecule is CCN(C)C(=O)Nc1ccc(C#N)cc1OC. The van der Waals surface area contributed by atoms with E-state index in [0.29, 0.717) is 23.5 Å². The Hall–Kier alpha value is -2.22. The van der Waals surface area contributed by atoms with Crippen molar-refractivity contribution in [2.24, 2.45) is 0 Å². The highest BCUT2D eigenvalue weighted by Crippen LogP contribution is 2.25. The quantitative estimate of drug-likeness (QED) is 0.868. The van der Waals surface area contributed by atoms with E-state index in [2.05, 4.69) is 5.32 Å². The fraction of sp³-hybridized carbons (Fsp3) is 0.333. The summed E-state index contributed by atoms with van der Waals surface area (Å²) in [5, 5.41) is 11.5. The molecule has 5 nitrogen and oxygen atoms in total. The van der Waals surface area contributed by atoms with Crippen LogP contribution in [0.15, 0.2) is 18.2 Å². The number of nitrogens with zero attached hydrogens (tertiary/aromatic N) is 2. The molecule has 2 amide bonds. The number of rotatable bonds is 3. The number of carbonyl (C=O) groups excluding carboxylic acids is 1. The maximum atomic E-state index is 11.7. The summed E-state index contributed by atoms with van der Waals surface area (Å²) in [6.07, 6.45) is 0. The van der Waals surface area contributed by atoms with Crippen LogP contribution >= 0.6 is 0 Å². The third-order valence-electron chi connectivity index (χ3n) is 2.39. The van der Waals surface area contributed by atoms with Gasteiger partial charge in [0.05, 0.1) is 24.4 Å². The van der Waals surface area contributed by atoms with E-state index in [1.165, 1.54) is 12.0 Å². The molecule has 0 aliphatic heterocycles. The van der Waals surface area contributed by atoms with Crippen LogP contribution in [-0.2, 0) is 0 Å². The first-order valence-electron chi connectivity index (χ1n) is 5.22. The Morgan fingerprint density at radius 2 is 2.29 bits per heavy atom. The van der Waals surface area contributed by atoms with Gasteiger partial charge in [0.15, 0.2) is 0 Å². The summed E-state index contributed by atoms with van der Waals surface area (Å²) >= 11 is 0. The van der Waals surface area contributed by atoms with Crippen LogP contribution in [0.5, 0.6) is 5.75 Å². The van der Waals surface area contributed by atoms with Gasteiger partial charge in [-0.15, -0.1) is 0 Å². The van der Waals surface area contributed by atoms with Crippen LogP contribution in [0.3, 0.4) is 0 Å². The number of anilines is 1. The summed E-state index contributed by atoms with van der Waals surface area (Å²) in [6.45, 7) is 2.50. The van der Waals surface area contributed by atoms with Crippen LogP contribution in [0.1, 0.15) is 12.5 Å². The van der Waals surface area contributed by atoms with Crippen LogP contribution in [0.25, 0.3) is 0 Å². The Labute approximate surface area is 101 Å². The molecule has 1 aromatic carbocycles. The average Bonchev–Trinajstić information content (AvgIpc) is 2.37. The van der Waals surface area contributed by atoms with Crippen LogP contribution in [0.2, 0.25) is 0 Å². The molecule has 0 aromatic heterocycles. The Balaban J connectivity index is 2.92. The summed E-state index contributed by atoms with van der Waals surface area (Å²) < 4.78 is 5.12. The molecule has 0 atom stereocenters. The molecule has 0 aliphatic carbocycles. The van der Waals surface area contributed by atoms with Gasteiger partial charge in [-0.25, -0.2) is 4.79 Å². The Morgan fingerprint density at radius 3 is 2.82 bits per heavy atom. The van der Waals surface area contributed by atoms with Crippen molar-refractivity contribution in [3.05, 3.63) is 23.8 Å². The van der Waals surface area contributed by atoms with Gasteiger partial charge in [-0.1, -0.05) is 0 Å². The summed E-state index contributed by atoms with van der Waals surface area (Å²) in [7, 11) is 3.20. The van der Waals surface area contributed by atoms with Gasteiger partial charge in [0.1, 0.15) is 5.75 Å². The number of carbonyl (C=O) groups is 1. The molecule has 0 saturated heterocycles. The molecule has 17 heavy (non-hydrogen) atoms. The topological polar surface area (TPSA) is 65.4 Å². The first-order valence-corrected chi connectivity index (χ1v) is 5.22. The van der Waals surface area contributed by atoms with Crippen molar-refractivity contribution in [2.45, 2.75) is 6.92 Å². The first-order chi connectivity index (χ1) is 8.12. The van der Waals surface area contributed by atoms with Crippen molar-refractivity contribution in [1.29, 1.82) is 5.26 Å². The number of nitriles is 1. The lowest BCUT2D eigenvalue weighted by atomic mass is 10.2. The van der Waals surface area contributed by atoms with E-state index in [1.807, 2.05) is 13.0 Å². The van der Waals surface area contributed by atoms with E-state index in [9.17, 15) is 4.79 Å². The van der Waals surface area contributed by atoms with Crippen molar-refractivity contribution in [1.82, 2.24) is 4.90 Å². The highest BCUT2D eigenvalue weighted by Gasteiger charge is 2.10. The zero-order valence-electron chi connectivity index (χ0n) is 10.2. The van der Waals surface area contributed by atoms with Gasteiger partial charge in [0.2, 0.25) is 0 Å². The van der Waals surface area contributed by atoms with E-state index < -0.39 is 0 Å². The van der Waals surface area contributed by atoms with Crippen LogP contribution < -0.4 is 10.1 Å². The van der Waals surface area contributed by atoms with Crippen molar-refractivity contribution >= 4 is 11.7 Å². The molecule has 90 valence electrons. The molecule has 0 unspecified atom stereocenters. The average molecular weight is 233 g/mol. The number of methoxy groups -OCH3 is 1. The van der Waals surface area contributed by atoms with Gasteiger partial charge in [-0.05, 0) is 19.1 Å². The molecule has 1 rings (SSSR count). The van der Waals surface area contributed by atoms with Crippen molar-refractivity contribution in [3.63, 3.8) is 0 Å². The van der Waals surface area contributed by atoms with Crippen LogP contribution in [-0.4, -0.2) is 31.6 Å². The zero-order valence-corrected chi connectivity index (χ0v) is 10.2. The van der Waals surface area contributed by atoms with Gasteiger partial charge >= 0.3 is 6.03 Å². The second-order valence-corrected chi connectivity index (χ2v) is 3.47. The Bertz CT molecular complexity index is 452. The molecule has 0 fully saturated rings. The molecular formula is C12H15N3O2. The molecule has 0 aliphatic rings. The van der Waals surface area contributed by atoms with Crippen LogP contribution in [0, 0.1) is 11.3 Å². The molecular weight excluding hydrogens is 218 g/mol. The highest BCUT2D eigenvalue weighted by atomic mass is 16.5. The van der Waals surface area contributed by atoms with Gasteiger partial charge in [-0.2, -0.15) is 5.26 Å². The largest absolute Gasteiger partial charge is 0.495 e. The lowest BCUT2D eigenvalue weighted by Gasteiger charge is -2.17. The first kappa shape index (κ1) is 12.8. The van der Waals surface area contributed by atoms with Gasteiger partial charge < -0.3 is 15.0 Å². The molecule has 0 heterocycles. The lowest BCUT2D eigenvalue weighted by molar-refractivity contribution is 0.224. The smallest absolute Gasteiger partial charge is 0.321 e. The van der Waals surface area contributed by atoms with E-state index in [1.54, 1.807) is 25.2 Å². The maximum Gasteiger partial charge on any atom is 0.321 e. The number of hydrogen-bond donors (Lipinski definition) is 1. The number of benzene rings is 1. The summed E-state index contributed by atoms with van der Waals surface area (Å²) in [5.41, 5.74) is 1.04. The molecule has 1 aromatic rings. The zero-order chi connectivity index (χ0) is 12.8. The van der Waals surface area contributed by atoms with Crippen molar-refractivity contribution in [2.75, 3.05) is 26.0 Å². The van der Waals surface area contributed by atoms with Crippen molar-refractivity contribution in [3.8, 4) is 11.8 Å². The Kier molecular flexibility index (Phi) is 4.35. The number of urea groups is 1. The molecule has 0 bridgehead atoms. The third-order valence-corrected chi connectivity index (χ3v) is 2.39. The normalized spacial score (nSPS) is 9.29. The minimum atomic E-state index is -0.212. The van der Waals surface area contributed by atoms with Crippen LogP contribution in [0.4, 0.5) is 10.5 Å². The van der Waals surface area contributed by atoms with E-state index in [0.717, 1.165) is 0 Å². The molecule has 0 spiro atoms. The van der Waals surface area contributed by atoms with E-state index >= 15 is 0 Å². The molecule has 0 saturated carbocycles. The summed E-state index contributed by atoms with van der Waals surface area (Å²) in [4.78, 5) is 13.2. The fourth-order valence-corrected chi connectivity index (χ4v) is 1.22. The highest BCUT2D eigenvalue weighted by molar-refractivity contribution is 5.90. The minimum absolute atomic E-state index is 0.212. The monoisotopic (exact) mass is 233 g/mol. The fourth-order valence-electron chi connectivity index (χ4n) is 1.22. The van der Waals surface area contributed by atoms with Crippen molar-refractivity contribution < 1.29 is 9.53 Å². The third kappa shape index (κ3) is 3.11. The van der Waals surface area contributed by atoms with Gasteiger partial charge in [0, 0.05) is 19.7 Å². The minimum Gasteiger partial charge on any atom is -0.495 e. The van der Waals surface area contributed by atoms with Gasteiger partial charge in [0.25, 0.3) is 0 Å². The standard InChI is InChI=1S/C12H15N3O2/c1-4-15(2)12(16)14-10-6-5-9(8-13)7-11(10)17-3/h5-7H,4H2,1-3H3,(H,14,16). The predicted octanol–water partition coefficient (Wildman–Crippen LogP) is 2.05. The maximum absolute atomic E-state index is 11.7. The van der Waals surface area contributed by atoms with E-state index in [-0.39, 0.29) is 6.03 Å². The number of amides is 2. The molecule has 5 heteroatoms. The lowest BCUT2D eigenvalue weighted by Crippen LogP contribution is -2.31. The predicted molar refractivity (Wildman–Crippen MR) is 65.0 cm³/mol. The Morgan fingerprint density at radius 1 is 1.59 bits per heavy atom. The second kappa shape index (κ2) is 5.75. The summed E-state index contributed by atoms with van der Waals surface area (Å²) in [5.74, 6) is 0.474. The number of hydrogen-bond acceptors (Lipinski definition) is 3. The second-order valence-electron chi connectivity index (χ2n) is 3.47. The van der Waals surface area contributed by atoms with Gasteiger partial charge in [-0.3, -0.25) is 0 Å². The molecule has 0 radical (unpaired) electrons. The molecule has 1 N–H and O–H groups in total. The summed E-state index contributed by atoms with van der Waals surface area (Å²) in [6, 6.07) is 6.67. The van der Waals surface area contributed by atoms with E-state index in [4.69, 9.17) is 10.00 Å². The number of nitrogens with one attached hydrogen (secondary N) is 1.